The first-order valence-corrected chi connectivity index (χ1v) is 12.8. The lowest BCUT2D eigenvalue weighted by atomic mass is 10.0. The maximum Gasteiger partial charge on any atom is 0.258 e. The standard InChI is InChI=1S/C27H30N2O3S/c1-19(2)15-21-8-11-25(12-9-21)33(31,32)28-18-22-7-10-23-13-14-29(26(23)17-22)27(30)24-6-4-5-20(3)16-24/h4-12,16-17,19,28H,13-15,18H2,1-3H3. The lowest BCUT2D eigenvalue weighted by Gasteiger charge is -2.18. The minimum atomic E-state index is -3.63. The number of sulfonamides is 1. The van der Waals surface area contributed by atoms with Crippen molar-refractivity contribution in [2.75, 3.05) is 11.4 Å². The SMILES string of the molecule is Cc1cccc(C(=O)N2CCc3ccc(CNS(=O)(=O)c4ccc(CC(C)C)cc4)cc32)c1. The smallest absolute Gasteiger partial charge is 0.258 e. The molecule has 0 saturated carbocycles. The van der Waals surface area contributed by atoms with Gasteiger partial charge in [0.05, 0.1) is 4.90 Å². The Bertz CT molecular complexity index is 1260. The van der Waals surface area contributed by atoms with Gasteiger partial charge in [-0.2, -0.15) is 0 Å². The van der Waals surface area contributed by atoms with Gasteiger partial charge in [0.2, 0.25) is 10.0 Å². The number of nitrogens with zero attached hydrogens (tertiary/aromatic N) is 1. The van der Waals surface area contributed by atoms with Gasteiger partial charge in [-0.05, 0) is 72.7 Å². The summed E-state index contributed by atoms with van der Waals surface area (Å²) in [6, 6.07) is 20.5. The third-order valence-electron chi connectivity index (χ3n) is 5.90. The van der Waals surface area contributed by atoms with E-state index in [0.29, 0.717) is 18.0 Å². The average Bonchev–Trinajstić information content (AvgIpc) is 3.20. The molecule has 6 heteroatoms. The van der Waals surface area contributed by atoms with Gasteiger partial charge in [-0.1, -0.05) is 55.8 Å². The second kappa shape index (κ2) is 9.49. The van der Waals surface area contributed by atoms with Gasteiger partial charge in [-0.3, -0.25) is 4.79 Å². The first-order chi connectivity index (χ1) is 15.7. The Hall–Kier alpha value is -2.96. The quantitative estimate of drug-likeness (QED) is 0.544. The van der Waals surface area contributed by atoms with Crippen LogP contribution in [0, 0.1) is 12.8 Å². The number of amides is 1. The molecule has 0 aromatic heterocycles. The molecule has 1 amide bonds. The number of rotatable bonds is 7. The predicted octanol–water partition coefficient (Wildman–Crippen LogP) is 4.87. The summed E-state index contributed by atoms with van der Waals surface area (Å²) >= 11 is 0. The van der Waals surface area contributed by atoms with Gasteiger partial charge < -0.3 is 4.90 Å². The van der Waals surface area contributed by atoms with Crippen molar-refractivity contribution < 1.29 is 13.2 Å². The summed E-state index contributed by atoms with van der Waals surface area (Å²) in [6.07, 6.45) is 1.71. The van der Waals surface area contributed by atoms with Gasteiger partial charge in [0, 0.05) is 24.3 Å². The van der Waals surface area contributed by atoms with E-state index >= 15 is 0 Å². The maximum absolute atomic E-state index is 13.1. The van der Waals surface area contributed by atoms with Crippen molar-refractivity contribution in [1.82, 2.24) is 4.72 Å². The van der Waals surface area contributed by atoms with Gasteiger partial charge in [0.25, 0.3) is 5.91 Å². The summed E-state index contributed by atoms with van der Waals surface area (Å²) in [6.45, 7) is 7.03. The van der Waals surface area contributed by atoms with Crippen molar-refractivity contribution in [3.05, 3.63) is 94.5 Å². The molecule has 0 bridgehead atoms. The number of carbonyl (C=O) groups excluding carboxylic acids is 1. The van der Waals surface area contributed by atoms with Crippen LogP contribution < -0.4 is 9.62 Å². The lowest BCUT2D eigenvalue weighted by molar-refractivity contribution is 0.0989. The van der Waals surface area contributed by atoms with Crippen molar-refractivity contribution in [2.24, 2.45) is 5.92 Å². The highest BCUT2D eigenvalue weighted by molar-refractivity contribution is 7.89. The van der Waals surface area contributed by atoms with E-state index in [2.05, 4.69) is 18.6 Å². The highest BCUT2D eigenvalue weighted by atomic mass is 32.2. The summed E-state index contributed by atoms with van der Waals surface area (Å²) in [5, 5.41) is 0. The van der Waals surface area contributed by atoms with E-state index in [-0.39, 0.29) is 17.3 Å². The Balaban J connectivity index is 1.48. The molecule has 1 aliphatic heterocycles. The van der Waals surface area contributed by atoms with Gasteiger partial charge in [0.15, 0.2) is 0 Å². The molecule has 0 aliphatic carbocycles. The van der Waals surface area contributed by atoms with Crippen molar-refractivity contribution >= 4 is 21.6 Å². The monoisotopic (exact) mass is 462 g/mol. The summed E-state index contributed by atoms with van der Waals surface area (Å²) in [5.41, 5.74) is 5.61. The number of carbonyl (C=O) groups is 1. The van der Waals surface area contributed by atoms with Crippen molar-refractivity contribution in [3.8, 4) is 0 Å². The highest BCUT2D eigenvalue weighted by Gasteiger charge is 2.26. The lowest BCUT2D eigenvalue weighted by Crippen LogP contribution is -2.29. The Morgan fingerprint density at radius 2 is 1.73 bits per heavy atom. The van der Waals surface area contributed by atoms with Crippen LogP contribution in [0.25, 0.3) is 0 Å². The van der Waals surface area contributed by atoms with Crippen LogP contribution in [0.1, 0.15) is 46.5 Å². The molecule has 4 rings (SSSR count). The normalized spacial score (nSPS) is 13.4. The van der Waals surface area contributed by atoms with Gasteiger partial charge in [0.1, 0.15) is 0 Å². The fourth-order valence-electron chi connectivity index (χ4n) is 4.22. The van der Waals surface area contributed by atoms with E-state index < -0.39 is 10.0 Å². The number of aryl methyl sites for hydroxylation is 1. The summed E-state index contributed by atoms with van der Waals surface area (Å²) in [4.78, 5) is 15.1. The summed E-state index contributed by atoms with van der Waals surface area (Å²) < 4.78 is 28.3. The van der Waals surface area contributed by atoms with Crippen LogP contribution in [0.2, 0.25) is 0 Å². The molecule has 1 aliphatic rings. The largest absolute Gasteiger partial charge is 0.308 e. The van der Waals surface area contributed by atoms with Crippen LogP contribution in [-0.4, -0.2) is 20.9 Å². The molecule has 3 aromatic carbocycles. The maximum atomic E-state index is 13.1. The number of hydrogen-bond acceptors (Lipinski definition) is 3. The Morgan fingerprint density at radius 1 is 1.00 bits per heavy atom. The van der Waals surface area contributed by atoms with Crippen LogP contribution in [0.3, 0.4) is 0 Å². The van der Waals surface area contributed by atoms with Crippen molar-refractivity contribution in [2.45, 2.75) is 45.1 Å². The molecule has 1 heterocycles. The third-order valence-corrected chi connectivity index (χ3v) is 7.32. The molecule has 0 saturated heterocycles. The molecular formula is C27H30N2O3S. The van der Waals surface area contributed by atoms with Gasteiger partial charge in [-0.25, -0.2) is 13.1 Å². The van der Waals surface area contributed by atoms with E-state index in [4.69, 9.17) is 0 Å². The third kappa shape index (κ3) is 5.34. The first-order valence-electron chi connectivity index (χ1n) is 11.3. The molecular weight excluding hydrogens is 432 g/mol. The molecule has 0 radical (unpaired) electrons. The van der Waals surface area contributed by atoms with E-state index in [1.807, 2.05) is 61.5 Å². The molecule has 1 N–H and O–H groups in total. The molecule has 0 unspecified atom stereocenters. The summed E-state index contributed by atoms with van der Waals surface area (Å²) in [7, 11) is -3.63. The summed E-state index contributed by atoms with van der Waals surface area (Å²) in [5.74, 6) is 0.486. The molecule has 33 heavy (non-hydrogen) atoms. The van der Waals surface area contributed by atoms with Crippen LogP contribution in [-0.2, 0) is 29.4 Å². The minimum absolute atomic E-state index is 0.0309. The van der Waals surface area contributed by atoms with Crippen LogP contribution >= 0.6 is 0 Å². The Morgan fingerprint density at radius 3 is 2.42 bits per heavy atom. The number of fused-ring (bicyclic) bond motifs is 1. The first kappa shape index (κ1) is 23.2. The fourth-order valence-corrected chi connectivity index (χ4v) is 5.24. The van der Waals surface area contributed by atoms with E-state index in [0.717, 1.165) is 40.8 Å². The second-order valence-corrected chi connectivity index (χ2v) is 10.9. The topological polar surface area (TPSA) is 66.5 Å². The number of hydrogen-bond donors (Lipinski definition) is 1. The molecule has 5 nitrogen and oxygen atoms in total. The fraction of sp³-hybridized carbons (Fsp3) is 0.296. The van der Waals surface area contributed by atoms with Gasteiger partial charge in [-0.15, -0.1) is 0 Å². The van der Waals surface area contributed by atoms with Crippen LogP contribution in [0.15, 0.2) is 71.6 Å². The van der Waals surface area contributed by atoms with Crippen LogP contribution in [0.5, 0.6) is 0 Å². The average molecular weight is 463 g/mol. The molecule has 172 valence electrons. The van der Waals surface area contributed by atoms with E-state index in [1.165, 1.54) is 0 Å². The predicted molar refractivity (Wildman–Crippen MR) is 132 cm³/mol. The minimum Gasteiger partial charge on any atom is -0.308 e. The molecule has 0 fully saturated rings. The van der Waals surface area contributed by atoms with Gasteiger partial charge >= 0.3 is 0 Å². The molecule has 3 aromatic rings. The van der Waals surface area contributed by atoms with E-state index in [9.17, 15) is 13.2 Å². The van der Waals surface area contributed by atoms with Crippen molar-refractivity contribution in [1.29, 1.82) is 0 Å². The second-order valence-electron chi connectivity index (χ2n) is 9.11. The number of anilines is 1. The molecule has 0 atom stereocenters. The molecule has 0 spiro atoms. The Kier molecular flexibility index (Phi) is 6.68. The van der Waals surface area contributed by atoms with E-state index in [1.54, 1.807) is 17.0 Å². The zero-order valence-electron chi connectivity index (χ0n) is 19.3. The number of benzene rings is 3. The zero-order chi connectivity index (χ0) is 23.6. The zero-order valence-corrected chi connectivity index (χ0v) is 20.2. The number of nitrogens with one attached hydrogen (secondary N) is 1. The Labute approximate surface area is 196 Å². The highest BCUT2D eigenvalue weighted by Crippen LogP contribution is 2.30. The van der Waals surface area contributed by atoms with Crippen molar-refractivity contribution in [3.63, 3.8) is 0 Å². The van der Waals surface area contributed by atoms with Crippen LogP contribution in [0.4, 0.5) is 5.69 Å².